The van der Waals surface area contributed by atoms with Crippen molar-refractivity contribution in [1.29, 1.82) is 0 Å². The molecule has 1 atom stereocenters. The summed E-state index contributed by atoms with van der Waals surface area (Å²) in [5.74, 6) is 0.815. The summed E-state index contributed by atoms with van der Waals surface area (Å²) in [7, 11) is 0. The molecule has 0 bridgehead atoms. The Morgan fingerprint density at radius 2 is 2.28 bits per heavy atom. The first-order valence-corrected chi connectivity index (χ1v) is 8.61. The summed E-state index contributed by atoms with van der Waals surface area (Å²) in [6.45, 7) is 6.57. The molecule has 0 radical (unpaired) electrons. The summed E-state index contributed by atoms with van der Waals surface area (Å²) >= 11 is 3.72. The molecule has 2 nitrogen and oxygen atoms in total. The molecule has 0 saturated heterocycles. The molecule has 1 aromatic heterocycles. The van der Waals surface area contributed by atoms with Crippen LogP contribution in [-0.4, -0.2) is 23.5 Å². The predicted octanol–water partition coefficient (Wildman–Crippen LogP) is 3.79. The Labute approximate surface area is 118 Å². The van der Waals surface area contributed by atoms with Gasteiger partial charge in [0.15, 0.2) is 5.17 Å². The van der Waals surface area contributed by atoms with E-state index in [1.54, 1.807) is 11.3 Å². The lowest BCUT2D eigenvalue weighted by molar-refractivity contribution is 0.479. The molecule has 0 saturated carbocycles. The second-order valence-corrected chi connectivity index (χ2v) is 6.70. The summed E-state index contributed by atoms with van der Waals surface area (Å²) in [6, 6.07) is 2.20. The third-order valence-electron chi connectivity index (χ3n) is 3.52. The molecule has 4 heteroatoms. The number of nitrogens with zero attached hydrogens (tertiary/aromatic N) is 1. The smallest absolute Gasteiger partial charge is 0.156 e. The first-order chi connectivity index (χ1) is 8.83. The van der Waals surface area contributed by atoms with Gasteiger partial charge in [0.05, 0.1) is 6.54 Å². The fourth-order valence-electron chi connectivity index (χ4n) is 2.30. The molecule has 2 heterocycles. The van der Waals surface area contributed by atoms with Crippen LogP contribution in [0.25, 0.3) is 0 Å². The van der Waals surface area contributed by atoms with Gasteiger partial charge < -0.3 is 5.32 Å². The lowest BCUT2D eigenvalue weighted by Crippen LogP contribution is -2.23. The van der Waals surface area contributed by atoms with Gasteiger partial charge in [0.2, 0.25) is 0 Å². The second-order valence-electron chi connectivity index (χ2n) is 4.69. The molecule has 0 amide bonds. The molecule has 0 spiro atoms. The highest BCUT2D eigenvalue weighted by Gasteiger charge is 2.25. The van der Waals surface area contributed by atoms with Crippen molar-refractivity contribution in [2.45, 2.75) is 38.4 Å². The molecule has 1 aliphatic rings. The normalized spacial score (nSPS) is 19.3. The van der Waals surface area contributed by atoms with Crippen molar-refractivity contribution in [2.75, 3.05) is 13.1 Å². The van der Waals surface area contributed by atoms with Crippen molar-refractivity contribution >= 4 is 28.3 Å². The number of aliphatic imine (C=N–C) groups is 1. The van der Waals surface area contributed by atoms with Crippen molar-refractivity contribution in [1.82, 2.24) is 5.32 Å². The van der Waals surface area contributed by atoms with E-state index in [1.165, 1.54) is 18.4 Å². The average Bonchev–Trinajstić information content (AvgIpc) is 3.03. The minimum atomic E-state index is 0.698. The van der Waals surface area contributed by atoms with Gasteiger partial charge in [-0.05, 0) is 34.7 Å². The Bertz CT molecular complexity index is 369. The van der Waals surface area contributed by atoms with Crippen LogP contribution in [0, 0.1) is 5.92 Å². The van der Waals surface area contributed by atoms with E-state index >= 15 is 0 Å². The summed E-state index contributed by atoms with van der Waals surface area (Å²) in [4.78, 5) is 4.62. The summed E-state index contributed by atoms with van der Waals surface area (Å²) in [5, 5.41) is 9.68. The molecule has 0 aromatic carbocycles. The molecular weight excluding hydrogens is 260 g/mol. The van der Waals surface area contributed by atoms with Crippen LogP contribution in [0.1, 0.15) is 32.3 Å². The Kier molecular flexibility index (Phi) is 5.57. The lowest BCUT2D eigenvalue weighted by Gasteiger charge is -2.18. The van der Waals surface area contributed by atoms with Crippen molar-refractivity contribution in [3.05, 3.63) is 22.4 Å². The molecule has 1 unspecified atom stereocenters. The highest BCUT2D eigenvalue weighted by molar-refractivity contribution is 8.14. The monoisotopic (exact) mass is 282 g/mol. The van der Waals surface area contributed by atoms with Gasteiger partial charge in [-0.25, -0.2) is 0 Å². The maximum absolute atomic E-state index is 4.62. The number of thiophene rings is 1. The molecular formula is C14H22N2S2. The van der Waals surface area contributed by atoms with Gasteiger partial charge in [0, 0.05) is 11.8 Å². The quantitative estimate of drug-likeness (QED) is 0.858. The Morgan fingerprint density at radius 1 is 1.44 bits per heavy atom. The van der Waals surface area contributed by atoms with Crippen LogP contribution in [0.4, 0.5) is 0 Å². The van der Waals surface area contributed by atoms with E-state index in [-0.39, 0.29) is 0 Å². The van der Waals surface area contributed by atoms with Crippen molar-refractivity contribution in [3.8, 4) is 0 Å². The van der Waals surface area contributed by atoms with Gasteiger partial charge in [0.25, 0.3) is 0 Å². The van der Waals surface area contributed by atoms with E-state index in [0.717, 1.165) is 30.6 Å². The predicted molar refractivity (Wildman–Crippen MR) is 83.8 cm³/mol. The van der Waals surface area contributed by atoms with E-state index in [2.05, 4.69) is 41.0 Å². The Morgan fingerprint density at radius 3 is 2.94 bits per heavy atom. The zero-order chi connectivity index (χ0) is 12.8. The van der Waals surface area contributed by atoms with Crippen LogP contribution in [0.15, 0.2) is 21.8 Å². The fraction of sp³-hybridized carbons (Fsp3) is 0.643. The van der Waals surface area contributed by atoms with Crippen LogP contribution < -0.4 is 5.32 Å². The molecule has 1 aromatic rings. The third-order valence-corrected chi connectivity index (χ3v) is 5.59. The minimum absolute atomic E-state index is 0.698. The van der Waals surface area contributed by atoms with Gasteiger partial charge in [0.1, 0.15) is 0 Å². The number of thioether (sulfide) groups is 1. The van der Waals surface area contributed by atoms with E-state index in [4.69, 9.17) is 0 Å². The van der Waals surface area contributed by atoms with E-state index in [9.17, 15) is 0 Å². The van der Waals surface area contributed by atoms with Gasteiger partial charge in [-0.1, -0.05) is 38.5 Å². The highest BCUT2D eigenvalue weighted by atomic mass is 32.2. The highest BCUT2D eigenvalue weighted by Crippen LogP contribution is 2.30. The Balaban J connectivity index is 1.69. The maximum Gasteiger partial charge on any atom is 0.156 e. The molecule has 100 valence electrons. The number of rotatable bonds is 6. The van der Waals surface area contributed by atoms with Gasteiger partial charge >= 0.3 is 0 Å². The van der Waals surface area contributed by atoms with Crippen LogP contribution >= 0.6 is 23.1 Å². The van der Waals surface area contributed by atoms with E-state index in [0.29, 0.717) is 5.25 Å². The largest absolute Gasteiger partial charge is 0.365 e. The fourth-order valence-corrected chi connectivity index (χ4v) is 4.35. The van der Waals surface area contributed by atoms with E-state index < -0.39 is 0 Å². The van der Waals surface area contributed by atoms with Crippen LogP contribution in [0.5, 0.6) is 0 Å². The van der Waals surface area contributed by atoms with Crippen molar-refractivity contribution in [2.24, 2.45) is 10.9 Å². The first kappa shape index (κ1) is 13.9. The molecule has 0 aliphatic carbocycles. The van der Waals surface area contributed by atoms with Crippen LogP contribution in [-0.2, 0) is 6.42 Å². The lowest BCUT2D eigenvalue weighted by atomic mass is 9.99. The van der Waals surface area contributed by atoms with Crippen molar-refractivity contribution < 1.29 is 0 Å². The molecule has 18 heavy (non-hydrogen) atoms. The molecule has 1 aliphatic heterocycles. The zero-order valence-electron chi connectivity index (χ0n) is 11.2. The maximum atomic E-state index is 4.62. The first-order valence-electron chi connectivity index (χ1n) is 6.79. The van der Waals surface area contributed by atoms with Crippen molar-refractivity contribution in [3.63, 3.8) is 0 Å². The van der Waals surface area contributed by atoms with Gasteiger partial charge in [-0.3, -0.25) is 4.99 Å². The number of nitrogens with one attached hydrogen (secondary N) is 1. The number of hydrogen-bond donors (Lipinski definition) is 1. The molecule has 2 rings (SSSR count). The average molecular weight is 282 g/mol. The summed E-state index contributed by atoms with van der Waals surface area (Å²) < 4.78 is 0. The zero-order valence-corrected chi connectivity index (χ0v) is 12.8. The molecule has 1 N–H and O–H groups in total. The second kappa shape index (κ2) is 7.19. The third kappa shape index (κ3) is 3.75. The van der Waals surface area contributed by atoms with Crippen LogP contribution in [0.2, 0.25) is 0 Å². The van der Waals surface area contributed by atoms with E-state index in [1.807, 2.05) is 11.8 Å². The topological polar surface area (TPSA) is 24.4 Å². The van der Waals surface area contributed by atoms with Crippen LogP contribution in [0.3, 0.4) is 0 Å². The van der Waals surface area contributed by atoms with Gasteiger partial charge in [-0.2, -0.15) is 11.3 Å². The summed E-state index contributed by atoms with van der Waals surface area (Å²) in [5.41, 5.74) is 1.42. The number of amidine groups is 1. The number of hydrogen-bond acceptors (Lipinski definition) is 4. The SMILES string of the molecule is CCC(CC)C1CN=C(NCCc2ccsc2)S1. The summed E-state index contributed by atoms with van der Waals surface area (Å²) in [6.07, 6.45) is 3.64. The minimum Gasteiger partial charge on any atom is -0.365 e. The Hall–Kier alpha value is -0.480. The molecule has 0 fully saturated rings. The van der Waals surface area contributed by atoms with Gasteiger partial charge in [-0.15, -0.1) is 0 Å². The standard InChI is InChI=1S/C14H22N2S2/c1-3-12(4-2)13-9-16-14(18-13)15-7-5-11-6-8-17-10-11/h6,8,10,12-13H,3-5,7,9H2,1-2H3,(H,15,16).